The number of aryl methyl sites for hydroxylation is 1. The van der Waals surface area contributed by atoms with Crippen LogP contribution in [-0.4, -0.2) is 56.8 Å². The molecule has 1 saturated heterocycles. The number of carbonyl (C=O) groups excluding carboxylic acids is 1. The number of nitrogens with zero attached hydrogens (tertiary/aromatic N) is 3. The first-order valence-electron chi connectivity index (χ1n) is 13.2. The van der Waals surface area contributed by atoms with E-state index in [0.29, 0.717) is 31.9 Å². The van der Waals surface area contributed by atoms with Crippen LogP contribution in [0.25, 0.3) is 0 Å². The number of rotatable bonds is 8. The molecule has 0 unspecified atom stereocenters. The van der Waals surface area contributed by atoms with Gasteiger partial charge >= 0.3 is 0 Å². The van der Waals surface area contributed by atoms with E-state index in [1.165, 1.54) is 15.4 Å². The van der Waals surface area contributed by atoms with E-state index in [0.717, 1.165) is 5.56 Å². The predicted molar refractivity (Wildman–Crippen MR) is 155 cm³/mol. The van der Waals surface area contributed by atoms with E-state index in [-0.39, 0.29) is 23.4 Å². The van der Waals surface area contributed by atoms with Gasteiger partial charge in [-0.25, -0.2) is 8.42 Å². The van der Waals surface area contributed by atoms with Gasteiger partial charge in [0, 0.05) is 26.2 Å². The topological polar surface area (TPSA) is 60.9 Å². The van der Waals surface area contributed by atoms with Gasteiger partial charge in [0.15, 0.2) is 0 Å². The van der Waals surface area contributed by atoms with Crippen molar-refractivity contribution in [1.29, 1.82) is 0 Å². The third kappa shape index (κ3) is 5.90. The Morgan fingerprint density at radius 2 is 1.21 bits per heavy atom. The van der Waals surface area contributed by atoms with Crippen molar-refractivity contribution in [3.8, 4) is 0 Å². The van der Waals surface area contributed by atoms with E-state index in [1.54, 1.807) is 47.4 Å². The van der Waals surface area contributed by atoms with Crippen molar-refractivity contribution in [3.63, 3.8) is 0 Å². The third-order valence-electron chi connectivity index (χ3n) is 7.26. The fourth-order valence-electron chi connectivity index (χ4n) is 5.20. The number of anilines is 1. The summed E-state index contributed by atoms with van der Waals surface area (Å²) < 4.78 is 28.7. The molecule has 0 radical (unpaired) electrons. The van der Waals surface area contributed by atoms with Gasteiger partial charge in [0.1, 0.15) is 6.54 Å². The van der Waals surface area contributed by atoms with Crippen LogP contribution in [0.1, 0.15) is 22.7 Å². The number of carbonyl (C=O) groups is 1. The highest BCUT2D eigenvalue weighted by Crippen LogP contribution is 2.30. The first-order valence-corrected chi connectivity index (χ1v) is 14.6. The van der Waals surface area contributed by atoms with Gasteiger partial charge in [0.05, 0.1) is 16.6 Å². The number of hydrogen-bond acceptors (Lipinski definition) is 4. The maximum Gasteiger partial charge on any atom is 0.264 e. The Labute approximate surface area is 231 Å². The van der Waals surface area contributed by atoms with Crippen LogP contribution in [0.3, 0.4) is 0 Å². The molecule has 0 spiro atoms. The zero-order valence-corrected chi connectivity index (χ0v) is 22.9. The highest BCUT2D eigenvalue weighted by Gasteiger charge is 2.32. The fourth-order valence-corrected chi connectivity index (χ4v) is 6.70. The van der Waals surface area contributed by atoms with Gasteiger partial charge in [0.25, 0.3) is 10.0 Å². The Morgan fingerprint density at radius 1 is 0.718 bits per heavy atom. The summed E-state index contributed by atoms with van der Waals surface area (Å²) in [4.78, 5) is 17.9. The van der Waals surface area contributed by atoms with Gasteiger partial charge in [0.2, 0.25) is 5.91 Å². The molecule has 1 amide bonds. The van der Waals surface area contributed by atoms with Crippen LogP contribution in [0.2, 0.25) is 0 Å². The van der Waals surface area contributed by atoms with Gasteiger partial charge in [-0.15, -0.1) is 0 Å². The minimum atomic E-state index is -3.93. The van der Waals surface area contributed by atoms with Gasteiger partial charge < -0.3 is 4.90 Å². The first-order chi connectivity index (χ1) is 18.9. The summed E-state index contributed by atoms with van der Waals surface area (Å²) in [6.07, 6.45) is 0. The van der Waals surface area contributed by atoms with Crippen molar-refractivity contribution in [2.24, 2.45) is 0 Å². The number of hydrogen-bond donors (Lipinski definition) is 0. The van der Waals surface area contributed by atoms with Crippen LogP contribution in [0.15, 0.2) is 120 Å². The zero-order valence-electron chi connectivity index (χ0n) is 22.1. The molecule has 1 aliphatic heterocycles. The van der Waals surface area contributed by atoms with Gasteiger partial charge in [-0.2, -0.15) is 0 Å². The molecule has 1 aliphatic rings. The number of para-hydroxylation sites is 1. The van der Waals surface area contributed by atoms with E-state index in [9.17, 15) is 13.2 Å². The van der Waals surface area contributed by atoms with Gasteiger partial charge in [-0.1, -0.05) is 97.1 Å². The molecule has 0 N–H and O–H groups in total. The summed E-state index contributed by atoms with van der Waals surface area (Å²) in [5.41, 5.74) is 3.73. The van der Waals surface area contributed by atoms with Crippen molar-refractivity contribution >= 4 is 21.6 Å². The second kappa shape index (κ2) is 11.8. The lowest BCUT2D eigenvalue weighted by atomic mass is 9.96. The van der Waals surface area contributed by atoms with Crippen molar-refractivity contribution in [1.82, 2.24) is 9.80 Å². The molecular formula is C32H33N3O3S. The van der Waals surface area contributed by atoms with Crippen molar-refractivity contribution in [2.45, 2.75) is 17.9 Å². The lowest BCUT2D eigenvalue weighted by molar-refractivity contribution is -0.131. The Hall–Kier alpha value is -3.94. The highest BCUT2D eigenvalue weighted by molar-refractivity contribution is 7.92. The van der Waals surface area contributed by atoms with Crippen LogP contribution in [0.4, 0.5) is 5.69 Å². The number of amides is 1. The molecule has 0 saturated carbocycles. The first kappa shape index (κ1) is 26.7. The molecule has 0 bridgehead atoms. The molecule has 0 atom stereocenters. The summed E-state index contributed by atoms with van der Waals surface area (Å²) in [7, 11) is -3.93. The van der Waals surface area contributed by atoms with Crippen LogP contribution >= 0.6 is 0 Å². The van der Waals surface area contributed by atoms with E-state index >= 15 is 0 Å². The number of sulfonamides is 1. The summed E-state index contributed by atoms with van der Waals surface area (Å²) in [5.74, 6) is -0.201. The maximum atomic E-state index is 13.7. The standard InChI is InChI=1S/C32H33N3O3S/c1-26-13-11-12-20-30(26)35(39(37,38)29-18-9-4-10-19-29)25-31(36)33-21-23-34(24-22-33)32(27-14-5-2-6-15-27)28-16-7-3-8-17-28/h2-20,32H,21-25H2,1H3. The monoisotopic (exact) mass is 539 g/mol. The average molecular weight is 540 g/mol. The minimum Gasteiger partial charge on any atom is -0.339 e. The lowest BCUT2D eigenvalue weighted by Crippen LogP contribution is -2.52. The highest BCUT2D eigenvalue weighted by atomic mass is 32.2. The van der Waals surface area contributed by atoms with Crippen molar-refractivity contribution in [3.05, 3.63) is 132 Å². The minimum absolute atomic E-state index is 0.0894. The molecule has 0 aliphatic carbocycles. The molecule has 0 aromatic heterocycles. The molecular weight excluding hydrogens is 506 g/mol. The molecule has 5 rings (SSSR count). The SMILES string of the molecule is Cc1ccccc1N(CC(=O)N1CCN(C(c2ccccc2)c2ccccc2)CC1)S(=O)(=O)c1ccccc1. The zero-order chi connectivity index (χ0) is 27.2. The van der Waals surface area contributed by atoms with Gasteiger partial charge in [-0.05, 0) is 41.8 Å². The number of benzene rings is 4. The van der Waals surface area contributed by atoms with Gasteiger partial charge in [-0.3, -0.25) is 14.0 Å². The van der Waals surface area contributed by atoms with E-state index in [1.807, 2.05) is 31.2 Å². The molecule has 4 aromatic rings. The van der Waals surface area contributed by atoms with E-state index < -0.39 is 10.0 Å². The van der Waals surface area contributed by atoms with Crippen LogP contribution in [0, 0.1) is 6.92 Å². The largest absolute Gasteiger partial charge is 0.339 e. The molecule has 200 valence electrons. The Balaban J connectivity index is 1.35. The normalized spacial score (nSPS) is 14.4. The average Bonchev–Trinajstić information content (AvgIpc) is 2.98. The summed E-state index contributed by atoms with van der Waals surface area (Å²) in [5, 5.41) is 0. The molecule has 7 heteroatoms. The summed E-state index contributed by atoms with van der Waals surface area (Å²) in [6, 6.07) is 36.5. The molecule has 4 aromatic carbocycles. The van der Waals surface area contributed by atoms with Crippen molar-refractivity contribution in [2.75, 3.05) is 37.0 Å². The van der Waals surface area contributed by atoms with Crippen LogP contribution in [0.5, 0.6) is 0 Å². The van der Waals surface area contributed by atoms with Crippen LogP contribution in [-0.2, 0) is 14.8 Å². The Morgan fingerprint density at radius 3 is 1.74 bits per heavy atom. The lowest BCUT2D eigenvalue weighted by Gasteiger charge is -2.40. The Kier molecular flexibility index (Phi) is 8.10. The number of piperazine rings is 1. The summed E-state index contributed by atoms with van der Waals surface area (Å²) >= 11 is 0. The van der Waals surface area contributed by atoms with Crippen molar-refractivity contribution < 1.29 is 13.2 Å². The van der Waals surface area contributed by atoms with E-state index in [2.05, 4.69) is 53.4 Å². The van der Waals surface area contributed by atoms with E-state index in [4.69, 9.17) is 0 Å². The molecule has 6 nitrogen and oxygen atoms in total. The molecule has 1 fully saturated rings. The maximum absolute atomic E-state index is 13.7. The predicted octanol–water partition coefficient (Wildman–Crippen LogP) is 5.12. The Bertz CT molecular complexity index is 1450. The van der Waals surface area contributed by atoms with Crippen LogP contribution < -0.4 is 4.31 Å². The summed E-state index contributed by atoms with van der Waals surface area (Å²) in [6.45, 7) is 4.05. The quantitative estimate of drug-likeness (QED) is 0.312. The second-order valence-corrected chi connectivity index (χ2v) is 11.6. The third-order valence-corrected chi connectivity index (χ3v) is 9.03. The second-order valence-electron chi connectivity index (χ2n) is 9.75. The smallest absolute Gasteiger partial charge is 0.264 e. The molecule has 1 heterocycles. The fraction of sp³-hybridized carbons (Fsp3) is 0.219. The molecule has 39 heavy (non-hydrogen) atoms.